The van der Waals surface area contributed by atoms with Crippen molar-refractivity contribution in [3.05, 3.63) is 35.1 Å². The summed E-state index contributed by atoms with van der Waals surface area (Å²) in [5.41, 5.74) is 0.955. The van der Waals surface area contributed by atoms with Gasteiger partial charge in [-0.15, -0.1) is 0 Å². The lowest BCUT2D eigenvalue weighted by Crippen LogP contribution is -2.33. The minimum absolute atomic E-state index is 0.134. The second-order valence-corrected chi connectivity index (χ2v) is 5.94. The van der Waals surface area contributed by atoms with Gasteiger partial charge in [0.1, 0.15) is 5.82 Å². The van der Waals surface area contributed by atoms with Gasteiger partial charge in [-0.3, -0.25) is 4.79 Å². The van der Waals surface area contributed by atoms with Crippen molar-refractivity contribution >= 4 is 5.91 Å². The zero-order valence-electron chi connectivity index (χ0n) is 12.4. The number of benzene rings is 1. The zero-order chi connectivity index (χ0) is 14.7. The molecular weight excluding hydrogens is 255 g/mol. The summed E-state index contributed by atoms with van der Waals surface area (Å²) in [5, 5.41) is 2.86. The van der Waals surface area contributed by atoms with E-state index in [4.69, 9.17) is 0 Å². The highest BCUT2D eigenvalue weighted by Crippen LogP contribution is 2.18. The molecule has 1 fully saturated rings. The van der Waals surface area contributed by atoms with Gasteiger partial charge in [0.25, 0.3) is 5.91 Å². The van der Waals surface area contributed by atoms with Crippen molar-refractivity contribution in [2.45, 2.75) is 33.2 Å². The Balaban J connectivity index is 1.87. The predicted octanol–water partition coefficient (Wildman–Crippen LogP) is 2.59. The minimum atomic E-state index is -0.447. The lowest BCUT2D eigenvalue weighted by Gasteiger charge is -2.20. The molecule has 1 unspecified atom stereocenters. The molecule has 3 nitrogen and oxygen atoms in total. The van der Waals surface area contributed by atoms with E-state index in [0.717, 1.165) is 25.1 Å². The van der Waals surface area contributed by atoms with E-state index in [1.54, 1.807) is 12.1 Å². The fraction of sp³-hybridized carbons (Fsp3) is 0.562. The summed E-state index contributed by atoms with van der Waals surface area (Å²) in [6, 6.07) is 5.25. The average Bonchev–Trinajstić information content (AvgIpc) is 2.85. The van der Waals surface area contributed by atoms with Crippen LogP contribution in [0, 0.1) is 18.7 Å². The summed E-state index contributed by atoms with van der Waals surface area (Å²) in [7, 11) is 0. The highest BCUT2D eigenvalue weighted by Gasteiger charge is 2.24. The molecule has 4 heteroatoms. The molecule has 0 radical (unpaired) electrons. The molecule has 0 aliphatic carbocycles. The van der Waals surface area contributed by atoms with Crippen molar-refractivity contribution in [3.63, 3.8) is 0 Å². The van der Waals surface area contributed by atoms with Crippen LogP contribution in [0.1, 0.15) is 36.2 Å². The van der Waals surface area contributed by atoms with Crippen molar-refractivity contribution in [3.8, 4) is 0 Å². The Morgan fingerprint density at radius 1 is 1.50 bits per heavy atom. The van der Waals surface area contributed by atoms with E-state index in [9.17, 15) is 9.18 Å². The topological polar surface area (TPSA) is 32.3 Å². The van der Waals surface area contributed by atoms with Gasteiger partial charge in [-0.05, 0) is 57.4 Å². The number of aryl methyl sites for hydroxylation is 1. The largest absolute Gasteiger partial charge is 0.352 e. The van der Waals surface area contributed by atoms with Crippen molar-refractivity contribution in [2.24, 2.45) is 5.92 Å². The number of halogens is 1. The van der Waals surface area contributed by atoms with E-state index in [0.29, 0.717) is 18.5 Å². The zero-order valence-corrected chi connectivity index (χ0v) is 12.4. The molecule has 0 bridgehead atoms. The summed E-state index contributed by atoms with van der Waals surface area (Å²) in [4.78, 5) is 14.4. The van der Waals surface area contributed by atoms with Gasteiger partial charge >= 0.3 is 0 Å². The van der Waals surface area contributed by atoms with Crippen molar-refractivity contribution in [2.75, 3.05) is 19.6 Å². The number of carbonyl (C=O) groups is 1. The third kappa shape index (κ3) is 3.57. The molecule has 1 aromatic carbocycles. The number of rotatable bonds is 4. The molecule has 2 rings (SSSR count). The van der Waals surface area contributed by atoms with Gasteiger partial charge in [0.15, 0.2) is 0 Å². The number of nitrogens with zero attached hydrogens (tertiary/aromatic N) is 1. The van der Waals surface area contributed by atoms with Gasteiger partial charge in [-0.25, -0.2) is 4.39 Å². The molecule has 20 heavy (non-hydrogen) atoms. The van der Waals surface area contributed by atoms with Crippen LogP contribution in [-0.4, -0.2) is 36.5 Å². The molecule has 0 spiro atoms. The first-order chi connectivity index (χ1) is 9.47. The SMILES string of the molecule is Cc1ccc(C(=O)NCC2CCN(C(C)C)C2)c(F)c1. The van der Waals surface area contributed by atoms with Crippen LogP contribution < -0.4 is 5.32 Å². The maximum Gasteiger partial charge on any atom is 0.254 e. The third-order valence-corrected chi connectivity index (χ3v) is 3.97. The van der Waals surface area contributed by atoms with Gasteiger partial charge in [-0.1, -0.05) is 6.07 Å². The van der Waals surface area contributed by atoms with Crippen LogP contribution in [0.25, 0.3) is 0 Å². The molecule has 1 aromatic rings. The molecule has 1 aliphatic rings. The van der Waals surface area contributed by atoms with Crippen LogP contribution in [0.3, 0.4) is 0 Å². The van der Waals surface area contributed by atoms with Crippen molar-refractivity contribution in [1.82, 2.24) is 10.2 Å². The fourth-order valence-corrected chi connectivity index (χ4v) is 2.63. The molecular formula is C16H23FN2O. The van der Waals surface area contributed by atoms with E-state index >= 15 is 0 Å². The van der Waals surface area contributed by atoms with E-state index in [2.05, 4.69) is 24.1 Å². The molecule has 1 saturated heterocycles. The number of carbonyl (C=O) groups excluding carboxylic acids is 1. The molecule has 1 aliphatic heterocycles. The summed E-state index contributed by atoms with van der Waals surface area (Å²) < 4.78 is 13.7. The quantitative estimate of drug-likeness (QED) is 0.918. The Bertz CT molecular complexity index is 487. The molecule has 0 aromatic heterocycles. The number of hydrogen-bond acceptors (Lipinski definition) is 2. The highest BCUT2D eigenvalue weighted by atomic mass is 19.1. The van der Waals surface area contributed by atoms with Gasteiger partial charge in [0.2, 0.25) is 0 Å². The van der Waals surface area contributed by atoms with Crippen LogP contribution >= 0.6 is 0 Å². The lowest BCUT2D eigenvalue weighted by molar-refractivity contribution is 0.0943. The Labute approximate surface area is 120 Å². The lowest BCUT2D eigenvalue weighted by atomic mass is 10.1. The van der Waals surface area contributed by atoms with E-state index in [1.807, 2.05) is 6.92 Å². The monoisotopic (exact) mass is 278 g/mol. The van der Waals surface area contributed by atoms with Crippen LogP contribution in [0.5, 0.6) is 0 Å². The normalized spacial score (nSPS) is 19.6. The Morgan fingerprint density at radius 3 is 2.85 bits per heavy atom. The summed E-state index contributed by atoms with van der Waals surface area (Å²) in [6.07, 6.45) is 1.09. The van der Waals surface area contributed by atoms with Crippen molar-refractivity contribution in [1.29, 1.82) is 0 Å². The second kappa shape index (κ2) is 6.35. The number of likely N-dealkylation sites (tertiary alicyclic amines) is 1. The smallest absolute Gasteiger partial charge is 0.254 e. The third-order valence-electron chi connectivity index (χ3n) is 3.97. The summed E-state index contributed by atoms with van der Waals surface area (Å²) in [6.45, 7) is 8.88. The van der Waals surface area contributed by atoms with Gasteiger partial charge in [0, 0.05) is 19.1 Å². The molecule has 1 heterocycles. The molecule has 1 N–H and O–H groups in total. The highest BCUT2D eigenvalue weighted by molar-refractivity contribution is 5.94. The number of hydrogen-bond donors (Lipinski definition) is 1. The van der Waals surface area contributed by atoms with Crippen LogP contribution in [0.2, 0.25) is 0 Å². The number of amides is 1. The molecule has 1 amide bonds. The summed E-state index contributed by atoms with van der Waals surface area (Å²) >= 11 is 0. The van der Waals surface area contributed by atoms with Crippen LogP contribution in [0.15, 0.2) is 18.2 Å². The maximum absolute atomic E-state index is 13.7. The first-order valence-corrected chi connectivity index (χ1v) is 7.25. The second-order valence-electron chi connectivity index (χ2n) is 5.94. The Hall–Kier alpha value is -1.42. The Kier molecular flexibility index (Phi) is 4.76. The van der Waals surface area contributed by atoms with Crippen molar-refractivity contribution < 1.29 is 9.18 Å². The minimum Gasteiger partial charge on any atom is -0.352 e. The van der Waals surface area contributed by atoms with Gasteiger partial charge in [0.05, 0.1) is 5.56 Å². The molecule has 1 atom stereocenters. The first-order valence-electron chi connectivity index (χ1n) is 7.25. The fourth-order valence-electron chi connectivity index (χ4n) is 2.63. The van der Waals surface area contributed by atoms with E-state index < -0.39 is 5.82 Å². The van der Waals surface area contributed by atoms with E-state index in [1.165, 1.54) is 6.07 Å². The first kappa shape index (κ1) is 15.0. The van der Waals surface area contributed by atoms with Gasteiger partial charge < -0.3 is 10.2 Å². The van der Waals surface area contributed by atoms with E-state index in [-0.39, 0.29) is 11.5 Å². The molecule has 0 saturated carbocycles. The maximum atomic E-state index is 13.7. The predicted molar refractivity (Wildman–Crippen MR) is 78.3 cm³/mol. The number of nitrogens with one attached hydrogen (secondary N) is 1. The van der Waals surface area contributed by atoms with Gasteiger partial charge in [-0.2, -0.15) is 0 Å². The van der Waals surface area contributed by atoms with Crippen LogP contribution in [0.4, 0.5) is 4.39 Å². The average molecular weight is 278 g/mol. The Morgan fingerprint density at radius 2 is 2.25 bits per heavy atom. The molecule has 110 valence electrons. The standard InChI is InChI=1S/C16H23FN2O/c1-11(2)19-7-6-13(10-19)9-18-16(20)14-5-4-12(3)8-15(14)17/h4-5,8,11,13H,6-7,9-10H2,1-3H3,(H,18,20). The van der Waals surface area contributed by atoms with Crippen LogP contribution in [-0.2, 0) is 0 Å². The summed E-state index contributed by atoms with van der Waals surface area (Å²) in [5.74, 6) is -0.293.